The Balaban J connectivity index is 1.47. The number of rotatable bonds is 10. The van der Waals surface area contributed by atoms with E-state index in [-0.39, 0.29) is 29.6 Å². The van der Waals surface area contributed by atoms with Crippen molar-refractivity contribution in [2.45, 2.75) is 57.0 Å². The van der Waals surface area contributed by atoms with Gasteiger partial charge in [-0.15, -0.1) is 0 Å². The highest BCUT2D eigenvalue weighted by Gasteiger charge is 2.41. The molecule has 3 aromatic rings. The second kappa shape index (κ2) is 14.2. The van der Waals surface area contributed by atoms with E-state index in [0.29, 0.717) is 22.9 Å². The van der Waals surface area contributed by atoms with Crippen molar-refractivity contribution in [3.63, 3.8) is 0 Å². The van der Waals surface area contributed by atoms with E-state index in [9.17, 15) is 9.59 Å². The SMILES string of the molecule is CCC(=O)NC1(c2ccccc2)CCN(C(CC(C(=O)c2ccccc2)C2CCCNC2)c2ccc(Cl)c(Cl)c2)CC1. The van der Waals surface area contributed by atoms with E-state index in [2.05, 4.69) is 33.7 Å². The van der Waals surface area contributed by atoms with Crippen LogP contribution in [0.4, 0.5) is 0 Å². The highest BCUT2D eigenvalue weighted by atomic mass is 35.5. The van der Waals surface area contributed by atoms with Crippen molar-refractivity contribution in [2.75, 3.05) is 26.2 Å². The number of Topliss-reactive ketones (excluding diaryl/α,β-unsaturated/α-hetero) is 1. The van der Waals surface area contributed by atoms with Crippen molar-refractivity contribution < 1.29 is 9.59 Å². The van der Waals surface area contributed by atoms with Crippen molar-refractivity contribution in [1.82, 2.24) is 15.5 Å². The van der Waals surface area contributed by atoms with E-state index in [1.165, 1.54) is 0 Å². The van der Waals surface area contributed by atoms with Crippen LogP contribution in [0.25, 0.3) is 0 Å². The van der Waals surface area contributed by atoms with E-state index < -0.39 is 5.54 Å². The molecule has 3 atom stereocenters. The Hall–Kier alpha value is -2.70. The molecule has 2 fully saturated rings. The Kier molecular flexibility index (Phi) is 10.4. The van der Waals surface area contributed by atoms with Crippen LogP contribution in [-0.2, 0) is 10.3 Å². The average molecular weight is 607 g/mol. The van der Waals surface area contributed by atoms with Crippen molar-refractivity contribution in [2.24, 2.45) is 11.8 Å². The topological polar surface area (TPSA) is 61.4 Å². The summed E-state index contributed by atoms with van der Waals surface area (Å²) in [5.74, 6) is 0.390. The molecule has 2 saturated heterocycles. The molecule has 3 unspecified atom stereocenters. The lowest BCUT2D eigenvalue weighted by atomic mass is 9.75. The first-order chi connectivity index (χ1) is 20.4. The Morgan fingerprint density at radius 1 is 0.976 bits per heavy atom. The quantitative estimate of drug-likeness (QED) is 0.236. The number of halogens is 2. The first-order valence-electron chi connectivity index (χ1n) is 15.3. The predicted octanol–water partition coefficient (Wildman–Crippen LogP) is 7.44. The Bertz CT molecular complexity index is 1340. The number of benzene rings is 3. The molecule has 0 radical (unpaired) electrons. The lowest BCUT2D eigenvalue weighted by Gasteiger charge is -2.46. The number of hydrogen-bond donors (Lipinski definition) is 2. The van der Waals surface area contributed by atoms with E-state index >= 15 is 0 Å². The third-order valence-corrected chi connectivity index (χ3v) is 9.96. The van der Waals surface area contributed by atoms with Gasteiger partial charge in [0, 0.05) is 37.0 Å². The van der Waals surface area contributed by atoms with Crippen molar-refractivity contribution in [1.29, 1.82) is 0 Å². The summed E-state index contributed by atoms with van der Waals surface area (Å²) in [7, 11) is 0. The maximum absolute atomic E-state index is 14.1. The van der Waals surface area contributed by atoms with Crippen LogP contribution < -0.4 is 10.6 Å². The third kappa shape index (κ3) is 7.08. The largest absolute Gasteiger partial charge is 0.346 e. The molecule has 1 amide bonds. The van der Waals surface area contributed by atoms with Gasteiger partial charge in [0.1, 0.15) is 0 Å². The minimum absolute atomic E-state index is 0.0185. The summed E-state index contributed by atoms with van der Waals surface area (Å²) in [6, 6.07) is 25.9. The van der Waals surface area contributed by atoms with Gasteiger partial charge in [-0.1, -0.05) is 96.9 Å². The summed E-state index contributed by atoms with van der Waals surface area (Å²) in [5.41, 5.74) is 2.57. The Morgan fingerprint density at radius 2 is 1.67 bits per heavy atom. The van der Waals surface area contributed by atoms with Crippen LogP contribution in [0.5, 0.6) is 0 Å². The molecule has 0 bridgehead atoms. The van der Waals surface area contributed by atoms with Gasteiger partial charge in [-0.3, -0.25) is 14.5 Å². The third-order valence-electron chi connectivity index (χ3n) is 9.22. The zero-order chi connectivity index (χ0) is 29.5. The Labute approximate surface area is 260 Å². The minimum atomic E-state index is -0.417. The summed E-state index contributed by atoms with van der Waals surface area (Å²) < 4.78 is 0. The molecule has 0 aromatic heterocycles. The number of carbonyl (C=O) groups excluding carboxylic acids is 2. The lowest BCUT2D eigenvalue weighted by Crippen LogP contribution is -2.53. The fourth-order valence-corrected chi connectivity index (χ4v) is 7.13. The standard InChI is InChI=1S/C35H41Cl2N3O2/c1-2-33(41)39-35(28-13-7-4-8-14-28)17-20-40(21-18-35)32(26-15-16-30(36)31(37)22-26)23-29(27-12-9-19-38-24-27)34(42)25-10-5-3-6-11-25/h3-8,10-11,13-16,22,27,29,32,38H,2,9,12,17-21,23-24H2,1H3,(H,39,41). The second-order valence-electron chi connectivity index (χ2n) is 11.8. The Morgan fingerprint density at radius 3 is 2.29 bits per heavy atom. The molecule has 2 heterocycles. The molecule has 5 nitrogen and oxygen atoms in total. The fraction of sp³-hybridized carbons (Fsp3) is 0.429. The molecular weight excluding hydrogens is 565 g/mol. The molecular formula is C35H41Cl2N3O2. The van der Waals surface area contributed by atoms with E-state index in [1.54, 1.807) is 0 Å². The molecule has 2 aliphatic heterocycles. The predicted molar refractivity (Wildman–Crippen MR) is 171 cm³/mol. The van der Waals surface area contributed by atoms with E-state index in [1.807, 2.05) is 67.6 Å². The maximum atomic E-state index is 14.1. The molecule has 2 N–H and O–H groups in total. The smallest absolute Gasteiger partial charge is 0.220 e. The molecule has 0 spiro atoms. The van der Waals surface area contributed by atoms with Gasteiger partial charge in [-0.05, 0) is 74.4 Å². The van der Waals surface area contributed by atoms with Crippen molar-refractivity contribution >= 4 is 34.9 Å². The molecule has 5 rings (SSSR count). The van der Waals surface area contributed by atoms with Gasteiger partial charge in [0.2, 0.25) is 5.91 Å². The van der Waals surface area contributed by atoms with Gasteiger partial charge in [0.25, 0.3) is 0 Å². The van der Waals surface area contributed by atoms with Gasteiger partial charge < -0.3 is 10.6 Å². The molecule has 7 heteroatoms. The van der Waals surface area contributed by atoms with E-state index in [4.69, 9.17) is 23.2 Å². The van der Waals surface area contributed by atoms with Crippen LogP contribution >= 0.6 is 23.2 Å². The van der Waals surface area contributed by atoms with Crippen LogP contribution in [0.1, 0.15) is 73.0 Å². The first kappa shape index (κ1) is 30.7. The molecule has 0 aliphatic carbocycles. The summed E-state index contributed by atoms with van der Waals surface area (Å²) in [6.07, 6.45) is 4.80. The number of nitrogens with zero attached hydrogens (tertiary/aromatic N) is 1. The second-order valence-corrected chi connectivity index (χ2v) is 12.6. The summed E-state index contributed by atoms with van der Waals surface area (Å²) >= 11 is 12.9. The zero-order valence-corrected chi connectivity index (χ0v) is 25.8. The van der Waals surface area contributed by atoms with E-state index in [0.717, 1.165) is 68.6 Å². The van der Waals surface area contributed by atoms with Crippen LogP contribution in [0.15, 0.2) is 78.9 Å². The zero-order valence-electron chi connectivity index (χ0n) is 24.3. The fourth-order valence-electron chi connectivity index (χ4n) is 6.82. The number of piperidine rings is 2. The summed E-state index contributed by atoms with van der Waals surface area (Å²) in [6.45, 7) is 5.29. The number of likely N-dealkylation sites (tertiary alicyclic amines) is 1. The van der Waals surface area contributed by atoms with Crippen LogP contribution in [0, 0.1) is 11.8 Å². The minimum Gasteiger partial charge on any atom is -0.346 e. The first-order valence-corrected chi connectivity index (χ1v) is 16.0. The van der Waals surface area contributed by atoms with Crippen LogP contribution in [0.2, 0.25) is 10.0 Å². The van der Waals surface area contributed by atoms with Gasteiger partial charge in [0.05, 0.1) is 15.6 Å². The van der Waals surface area contributed by atoms with Crippen molar-refractivity contribution in [3.8, 4) is 0 Å². The number of amides is 1. The number of ketones is 1. The number of hydrogen-bond acceptors (Lipinski definition) is 4. The van der Waals surface area contributed by atoms with Gasteiger partial charge >= 0.3 is 0 Å². The summed E-state index contributed by atoms with van der Waals surface area (Å²) in [4.78, 5) is 29.3. The molecule has 0 saturated carbocycles. The van der Waals surface area contributed by atoms with Crippen molar-refractivity contribution in [3.05, 3.63) is 106 Å². The monoisotopic (exact) mass is 605 g/mol. The molecule has 42 heavy (non-hydrogen) atoms. The number of nitrogens with one attached hydrogen (secondary N) is 2. The lowest BCUT2D eigenvalue weighted by molar-refractivity contribution is -0.123. The molecule has 2 aliphatic rings. The summed E-state index contributed by atoms with van der Waals surface area (Å²) in [5, 5.41) is 7.97. The average Bonchev–Trinajstić information content (AvgIpc) is 3.04. The van der Waals surface area contributed by atoms with Gasteiger partial charge in [0.15, 0.2) is 5.78 Å². The highest BCUT2D eigenvalue weighted by molar-refractivity contribution is 6.42. The number of carbonyl (C=O) groups is 2. The maximum Gasteiger partial charge on any atom is 0.220 e. The van der Waals surface area contributed by atoms with Crippen LogP contribution in [0.3, 0.4) is 0 Å². The van der Waals surface area contributed by atoms with Gasteiger partial charge in [-0.2, -0.15) is 0 Å². The van der Waals surface area contributed by atoms with Gasteiger partial charge in [-0.25, -0.2) is 0 Å². The molecule has 3 aromatic carbocycles. The normalized spacial score (nSPS) is 20.4. The highest BCUT2D eigenvalue weighted by Crippen LogP contribution is 2.41. The van der Waals surface area contributed by atoms with Crippen LogP contribution in [-0.4, -0.2) is 42.8 Å². The molecule has 222 valence electrons.